The molecule has 0 unspecified atom stereocenters. The van der Waals surface area contributed by atoms with Gasteiger partial charge in [0.25, 0.3) is 11.8 Å². The third-order valence-corrected chi connectivity index (χ3v) is 7.58. The van der Waals surface area contributed by atoms with Crippen LogP contribution in [-0.4, -0.2) is 36.1 Å². The number of thioether (sulfide) groups is 1. The molecule has 2 amide bonds. The van der Waals surface area contributed by atoms with Crippen molar-refractivity contribution in [2.45, 2.75) is 18.3 Å². The van der Waals surface area contributed by atoms with Gasteiger partial charge in [-0.05, 0) is 55.0 Å². The second-order valence-electron chi connectivity index (χ2n) is 8.22. The first-order valence-corrected chi connectivity index (χ1v) is 11.7. The van der Waals surface area contributed by atoms with Crippen molar-refractivity contribution in [3.63, 3.8) is 0 Å². The van der Waals surface area contributed by atoms with Gasteiger partial charge in [-0.25, -0.2) is 4.39 Å². The lowest BCUT2D eigenvalue weighted by atomic mass is 10.0. The summed E-state index contributed by atoms with van der Waals surface area (Å²) in [5, 5.41) is 0. The summed E-state index contributed by atoms with van der Waals surface area (Å²) in [7, 11) is 1.56. The monoisotopic (exact) mass is 462 g/mol. The predicted octanol–water partition coefficient (Wildman–Crippen LogP) is 4.73. The number of carbonyl (C=O) groups is 2. The molecule has 2 heterocycles. The fourth-order valence-electron chi connectivity index (χ4n) is 4.63. The van der Waals surface area contributed by atoms with Crippen LogP contribution in [0.1, 0.15) is 27.0 Å². The minimum Gasteiger partial charge on any atom is -0.497 e. The normalized spacial score (nSPS) is 19.3. The van der Waals surface area contributed by atoms with Gasteiger partial charge >= 0.3 is 0 Å². The molecule has 0 bridgehead atoms. The summed E-state index contributed by atoms with van der Waals surface area (Å²) in [6, 6.07) is 19.2. The SMILES string of the molecule is COc1ccc(C(=O)N2CCS[C@]23C(=O)N(Cc2cccc(C)c2)c2ccc(F)cc23)cc1. The van der Waals surface area contributed by atoms with Crippen LogP contribution in [0.5, 0.6) is 5.75 Å². The lowest BCUT2D eigenvalue weighted by molar-refractivity contribution is -0.123. The third-order valence-electron chi connectivity index (χ3n) is 6.16. The van der Waals surface area contributed by atoms with E-state index in [-0.39, 0.29) is 11.8 Å². The van der Waals surface area contributed by atoms with Gasteiger partial charge in [0.1, 0.15) is 11.6 Å². The molecule has 1 saturated heterocycles. The maximum Gasteiger partial charge on any atom is 0.268 e. The topological polar surface area (TPSA) is 49.9 Å². The van der Waals surface area contributed by atoms with E-state index in [1.165, 1.54) is 23.9 Å². The van der Waals surface area contributed by atoms with Gasteiger partial charge in [-0.3, -0.25) is 9.59 Å². The quantitative estimate of drug-likeness (QED) is 0.563. The van der Waals surface area contributed by atoms with Crippen molar-refractivity contribution in [2.24, 2.45) is 0 Å². The van der Waals surface area contributed by atoms with Crippen LogP contribution in [0.2, 0.25) is 0 Å². The molecule has 33 heavy (non-hydrogen) atoms. The van der Waals surface area contributed by atoms with Crippen LogP contribution >= 0.6 is 11.8 Å². The maximum atomic E-state index is 14.4. The Morgan fingerprint density at radius 3 is 2.64 bits per heavy atom. The molecule has 3 aromatic carbocycles. The summed E-state index contributed by atoms with van der Waals surface area (Å²) in [6.07, 6.45) is 0. The van der Waals surface area contributed by atoms with Gasteiger partial charge in [0.05, 0.1) is 19.3 Å². The summed E-state index contributed by atoms with van der Waals surface area (Å²) in [6.45, 7) is 2.75. The molecule has 0 aromatic heterocycles. The van der Waals surface area contributed by atoms with Crippen LogP contribution in [0.25, 0.3) is 0 Å². The zero-order chi connectivity index (χ0) is 23.2. The number of aryl methyl sites for hydroxylation is 1. The molecule has 2 aliphatic heterocycles. The van der Waals surface area contributed by atoms with Crippen molar-refractivity contribution in [3.05, 3.63) is 94.8 Å². The Morgan fingerprint density at radius 2 is 1.91 bits per heavy atom. The van der Waals surface area contributed by atoms with Crippen LogP contribution in [-0.2, 0) is 16.2 Å². The first kappa shape index (κ1) is 21.5. The number of carbonyl (C=O) groups excluding carboxylic acids is 2. The number of anilines is 1. The summed E-state index contributed by atoms with van der Waals surface area (Å²) in [5.41, 5.74) is 3.71. The Kier molecular flexibility index (Phi) is 5.37. The second-order valence-corrected chi connectivity index (χ2v) is 9.51. The Morgan fingerprint density at radius 1 is 1.12 bits per heavy atom. The highest BCUT2D eigenvalue weighted by Crippen LogP contribution is 2.55. The number of benzene rings is 3. The summed E-state index contributed by atoms with van der Waals surface area (Å²) in [5.74, 6) is 0.327. The van der Waals surface area contributed by atoms with Gasteiger partial charge in [0.2, 0.25) is 0 Å². The summed E-state index contributed by atoms with van der Waals surface area (Å²) >= 11 is 1.39. The van der Waals surface area contributed by atoms with Gasteiger partial charge in [0, 0.05) is 23.4 Å². The number of ether oxygens (including phenoxy) is 1. The number of rotatable bonds is 4. The van der Waals surface area contributed by atoms with E-state index in [1.54, 1.807) is 47.2 Å². The Bertz CT molecular complexity index is 1250. The summed E-state index contributed by atoms with van der Waals surface area (Å²) in [4.78, 5) is 29.6. The lowest BCUT2D eigenvalue weighted by Crippen LogP contribution is -2.50. The van der Waals surface area contributed by atoms with Crippen LogP contribution < -0.4 is 9.64 Å². The number of nitrogens with zero attached hydrogens (tertiary/aromatic N) is 2. The third kappa shape index (κ3) is 3.47. The van der Waals surface area contributed by atoms with Crippen molar-refractivity contribution >= 4 is 29.3 Å². The fourth-order valence-corrected chi connectivity index (χ4v) is 6.08. The number of hydrogen-bond donors (Lipinski definition) is 0. The molecule has 0 saturated carbocycles. The van der Waals surface area contributed by atoms with E-state index in [0.717, 1.165) is 11.1 Å². The van der Waals surface area contributed by atoms with Crippen LogP contribution in [0.3, 0.4) is 0 Å². The van der Waals surface area contributed by atoms with Crippen molar-refractivity contribution < 1.29 is 18.7 Å². The zero-order valence-electron chi connectivity index (χ0n) is 18.4. The van der Waals surface area contributed by atoms with E-state index < -0.39 is 10.7 Å². The minimum absolute atomic E-state index is 0.214. The molecule has 0 aliphatic carbocycles. The van der Waals surface area contributed by atoms with Crippen molar-refractivity contribution in [1.29, 1.82) is 0 Å². The van der Waals surface area contributed by atoms with Crippen molar-refractivity contribution in [3.8, 4) is 5.75 Å². The number of methoxy groups -OCH3 is 1. The minimum atomic E-state index is -1.28. The molecule has 0 radical (unpaired) electrons. The van der Waals surface area contributed by atoms with E-state index >= 15 is 0 Å². The molecule has 1 spiro atoms. The number of amides is 2. The molecular weight excluding hydrogens is 439 g/mol. The van der Waals surface area contributed by atoms with Gasteiger partial charge < -0.3 is 14.5 Å². The molecule has 3 aromatic rings. The number of halogens is 1. The summed E-state index contributed by atoms with van der Waals surface area (Å²) < 4.78 is 19.6. The van der Waals surface area contributed by atoms with Gasteiger partial charge in [-0.1, -0.05) is 29.8 Å². The standard InChI is InChI=1S/C26H23FN2O3S/c1-17-4-3-5-18(14-17)16-28-23-11-8-20(27)15-22(23)26(25(28)31)29(12-13-33-26)24(30)19-6-9-21(32-2)10-7-19/h3-11,14-15H,12-13,16H2,1-2H3/t26-/m1/s1. The second kappa shape index (κ2) is 8.23. The van der Waals surface area contributed by atoms with Crippen LogP contribution in [0.4, 0.5) is 10.1 Å². The Labute approximate surface area is 196 Å². The molecule has 2 aliphatic rings. The van der Waals surface area contributed by atoms with Gasteiger partial charge in [0.15, 0.2) is 4.87 Å². The van der Waals surface area contributed by atoms with E-state index in [0.29, 0.717) is 41.4 Å². The van der Waals surface area contributed by atoms with Gasteiger partial charge in [-0.15, -0.1) is 11.8 Å². The highest BCUT2D eigenvalue weighted by molar-refractivity contribution is 8.01. The first-order valence-electron chi connectivity index (χ1n) is 10.7. The van der Waals surface area contributed by atoms with Crippen molar-refractivity contribution in [2.75, 3.05) is 24.3 Å². The lowest BCUT2D eigenvalue weighted by Gasteiger charge is -2.33. The smallest absolute Gasteiger partial charge is 0.268 e. The van der Waals surface area contributed by atoms with Gasteiger partial charge in [-0.2, -0.15) is 0 Å². The Hall–Kier alpha value is -3.32. The van der Waals surface area contributed by atoms with E-state index in [2.05, 4.69) is 0 Å². The highest BCUT2D eigenvalue weighted by Gasteiger charge is 2.59. The molecule has 5 rings (SSSR count). The maximum absolute atomic E-state index is 14.4. The molecule has 0 N–H and O–H groups in total. The Balaban J connectivity index is 1.57. The van der Waals surface area contributed by atoms with Crippen LogP contribution in [0.15, 0.2) is 66.7 Å². The van der Waals surface area contributed by atoms with Crippen molar-refractivity contribution in [1.82, 2.24) is 4.90 Å². The molecule has 5 nitrogen and oxygen atoms in total. The zero-order valence-corrected chi connectivity index (χ0v) is 19.2. The fraction of sp³-hybridized carbons (Fsp3) is 0.231. The predicted molar refractivity (Wildman–Crippen MR) is 127 cm³/mol. The highest BCUT2D eigenvalue weighted by atomic mass is 32.2. The molecule has 168 valence electrons. The average Bonchev–Trinajstić information content (AvgIpc) is 3.36. The molecular formula is C26H23FN2O3S. The number of fused-ring (bicyclic) bond motifs is 2. The average molecular weight is 463 g/mol. The van der Waals surface area contributed by atoms with E-state index in [4.69, 9.17) is 4.74 Å². The van der Waals surface area contributed by atoms with E-state index in [9.17, 15) is 14.0 Å². The molecule has 1 fully saturated rings. The first-order chi connectivity index (χ1) is 15.9. The largest absolute Gasteiger partial charge is 0.497 e. The molecule has 7 heteroatoms. The number of hydrogen-bond acceptors (Lipinski definition) is 4. The molecule has 1 atom stereocenters. The van der Waals surface area contributed by atoms with E-state index in [1.807, 2.05) is 31.2 Å². The van der Waals surface area contributed by atoms with Crippen LogP contribution in [0, 0.1) is 12.7 Å².